The van der Waals surface area contributed by atoms with Crippen molar-refractivity contribution in [2.45, 2.75) is 13.8 Å². The number of anilines is 1. The molecular weight excluding hydrogens is 172 g/mol. The third kappa shape index (κ3) is 1.55. The SMILES string of the molecule is CCNc1ccnc2cc(C)ccc12. The van der Waals surface area contributed by atoms with Crippen LogP contribution < -0.4 is 5.32 Å². The van der Waals surface area contributed by atoms with Gasteiger partial charge in [0.1, 0.15) is 0 Å². The zero-order valence-corrected chi connectivity index (χ0v) is 8.54. The number of benzene rings is 1. The molecule has 2 aromatic rings. The predicted octanol–water partition coefficient (Wildman–Crippen LogP) is 2.98. The van der Waals surface area contributed by atoms with Gasteiger partial charge in [-0.25, -0.2) is 0 Å². The van der Waals surface area contributed by atoms with E-state index in [-0.39, 0.29) is 0 Å². The van der Waals surface area contributed by atoms with Crippen LogP contribution in [0.5, 0.6) is 0 Å². The van der Waals surface area contributed by atoms with E-state index in [4.69, 9.17) is 0 Å². The Kier molecular flexibility index (Phi) is 2.35. The molecule has 0 unspecified atom stereocenters. The van der Waals surface area contributed by atoms with E-state index in [9.17, 15) is 0 Å². The van der Waals surface area contributed by atoms with Crippen LogP contribution in [0, 0.1) is 6.92 Å². The summed E-state index contributed by atoms with van der Waals surface area (Å²) in [6, 6.07) is 8.36. The minimum Gasteiger partial charge on any atom is -0.385 e. The maximum Gasteiger partial charge on any atom is 0.0725 e. The Balaban J connectivity index is 2.62. The van der Waals surface area contributed by atoms with Crippen molar-refractivity contribution >= 4 is 16.6 Å². The quantitative estimate of drug-likeness (QED) is 0.780. The van der Waals surface area contributed by atoms with Crippen LogP contribution in [0.25, 0.3) is 10.9 Å². The molecule has 0 bridgehead atoms. The number of aryl methyl sites for hydroxylation is 1. The molecule has 2 rings (SSSR count). The summed E-state index contributed by atoms with van der Waals surface area (Å²) >= 11 is 0. The zero-order chi connectivity index (χ0) is 9.97. The van der Waals surface area contributed by atoms with E-state index in [2.05, 4.69) is 42.3 Å². The summed E-state index contributed by atoms with van der Waals surface area (Å²) in [5, 5.41) is 4.52. The first-order valence-corrected chi connectivity index (χ1v) is 4.90. The molecule has 1 aromatic carbocycles. The molecular formula is C12H14N2. The fourth-order valence-corrected chi connectivity index (χ4v) is 1.60. The van der Waals surface area contributed by atoms with Crippen molar-refractivity contribution in [3.8, 4) is 0 Å². The van der Waals surface area contributed by atoms with Crippen LogP contribution in [0.15, 0.2) is 30.5 Å². The highest BCUT2D eigenvalue weighted by Gasteiger charge is 1.99. The van der Waals surface area contributed by atoms with Gasteiger partial charge in [-0.1, -0.05) is 12.1 Å². The highest BCUT2D eigenvalue weighted by atomic mass is 14.9. The van der Waals surface area contributed by atoms with Crippen molar-refractivity contribution in [1.82, 2.24) is 4.98 Å². The first-order valence-electron chi connectivity index (χ1n) is 4.90. The van der Waals surface area contributed by atoms with Crippen LogP contribution in [0.1, 0.15) is 12.5 Å². The summed E-state index contributed by atoms with van der Waals surface area (Å²) in [6.07, 6.45) is 1.85. The van der Waals surface area contributed by atoms with Gasteiger partial charge in [0, 0.05) is 23.8 Å². The summed E-state index contributed by atoms with van der Waals surface area (Å²) in [7, 11) is 0. The molecule has 0 amide bonds. The lowest BCUT2D eigenvalue weighted by Crippen LogP contribution is -1.97. The monoisotopic (exact) mass is 186 g/mol. The fraction of sp³-hybridized carbons (Fsp3) is 0.250. The smallest absolute Gasteiger partial charge is 0.0725 e. The van der Waals surface area contributed by atoms with Crippen molar-refractivity contribution in [3.05, 3.63) is 36.0 Å². The maximum atomic E-state index is 4.34. The zero-order valence-electron chi connectivity index (χ0n) is 8.54. The van der Waals surface area contributed by atoms with Gasteiger partial charge < -0.3 is 5.32 Å². The van der Waals surface area contributed by atoms with Gasteiger partial charge in [-0.05, 0) is 31.5 Å². The second-order valence-electron chi connectivity index (χ2n) is 3.41. The molecule has 14 heavy (non-hydrogen) atoms. The lowest BCUT2D eigenvalue weighted by molar-refractivity contribution is 1.21. The number of nitrogens with one attached hydrogen (secondary N) is 1. The van der Waals surface area contributed by atoms with Crippen LogP contribution >= 0.6 is 0 Å². The van der Waals surface area contributed by atoms with Crippen molar-refractivity contribution in [3.63, 3.8) is 0 Å². The maximum absolute atomic E-state index is 4.34. The molecule has 0 fully saturated rings. The molecule has 2 heteroatoms. The molecule has 0 aliphatic rings. The molecule has 1 N–H and O–H groups in total. The predicted molar refractivity (Wildman–Crippen MR) is 60.6 cm³/mol. The van der Waals surface area contributed by atoms with Gasteiger partial charge in [0.25, 0.3) is 0 Å². The molecule has 72 valence electrons. The Bertz CT molecular complexity index is 449. The number of fused-ring (bicyclic) bond motifs is 1. The van der Waals surface area contributed by atoms with Crippen LogP contribution in [0.2, 0.25) is 0 Å². The second kappa shape index (κ2) is 3.66. The van der Waals surface area contributed by atoms with Crippen LogP contribution in [-0.2, 0) is 0 Å². The topological polar surface area (TPSA) is 24.9 Å². The Morgan fingerprint density at radius 1 is 1.29 bits per heavy atom. The van der Waals surface area contributed by atoms with Crippen molar-refractivity contribution in [1.29, 1.82) is 0 Å². The van der Waals surface area contributed by atoms with Gasteiger partial charge in [0.15, 0.2) is 0 Å². The molecule has 2 nitrogen and oxygen atoms in total. The van der Waals surface area contributed by atoms with E-state index < -0.39 is 0 Å². The first kappa shape index (κ1) is 9.00. The van der Waals surface area contributed by atoms with Crippen LogP contribution in [-0.4, -0.2) is 11.5 Å². The molecule has 0 aliphatic carbocycles. The number of pyridine rings is 1. The fourth-order valence-electron chi connectivity index (χ4n) is 1.60. The van der Waals surface area contributed by atoms with E-state index in [0.717, 1.165) is 17.7 Å². The van der Waals surface area contributed by atoms with Crippen molar-refractivity contribution in [2.24, 2.45) is 0 Å². The van der Waals surface area contributed by atoms with Gasteiger partial charge in [-0.3, -0.25) is 4.98 Å². The molecule has 0 saturated heterocycles. The molecule has 0 aliphatic heterocycles. The van der Waals surface area contributed by atoms with Crippen molar-refractivity contribution < 1.29 is 0 Å². The van der Waals surface area contributed by atoms with Gasteiger partial charge in [-0.2, -0.15) is 0 Å². The van der Waals surface area contributed by atoms with E-state index in [0.29, 0.717) is 0 Å². The second-order valence-corrected chi connectivity index (χ2v) is 3.41. The summed E-state index contributed by atoms with van der Waals surface area (Å²) in [4.78, 5) is 4.34. The van der Waals surface area contributed by atoms with Gasteiger partial charge in [-0.15, -0.1) is 0 Å². The van der Waals surface area contributed by atoms with E-state index >= 15 is 0 Å². The van der Waals surface area contributed by atoms with Crippen LogP contribution in [0.3, 0.4) is 0 Å². The number of hydrogen-bond donors (Lipinski definition) is 1. The molecule has 0 radical (unpaired) electrons. The Labute approximate surface area is 84.0 Å². The van der Waals surface area contributed by atoms with Crippen LogP contribution in [0.4, 0.5) is 5.69 Å². The number of hydrogen-bond acceptors (Lipinski definition) is 2. The Morgan fingerprint density at radius 2 is 2.14 bits per heavy atom. The number of aromatic nitrogens is 1. The summed E-state index contributed by atoms with van der Waals surface area (Å²) in [6.45, 7) is 5.12. The van der Waals surface area contributed by atoms with Crippen molar-refractivity contribution in [2.75, 3.05) is 11.9 Å². The summed E-state index contributed by atoms with van der Waals surface area (Å²) < 4.78 is 0. The highest BCUT2D eigenvalue weighted by Crippen LogP contribution is 2.21. The lowest BCUT2D eigenvalue weighted by atomic mass is 10.1. The Hall–Kier alpha value is -1.57. The van der Waals surface area contributed by atoms with Gasteiger partial charge >= 0.3 is 0 Å². The minimum atomic E-state index is 0.937. The van der Waals surface area contributed by atoms with E-state index in [1.165, 1.54) is 10.9 Å². The first-order chi connectivity index (χ1) is 6.81. The summed E-state index contributed by atoms with van der Waals surface area (Å²) in [5.41, 5.74) is 3.47. The average Bonchev–Trinajstić information content (AvgIpc) is 2.18. The third-order valence-electron chi connectivity index (χ3n) is 2.27. The minimum absolute atomic E-state index is 0.937. The Morgan fingerprint density at radius 3 is 2.93 bits per heavy atom. The number of nitrogens with zero attached hydrogens (tertiary/aromatic N) is 1. The molecule has 1 heterocycles. The molecule has 1 aromatic heterocycles. The highest BCUT2D eigenvalue weighted by molar-refractivity contribution is 5.91. The largest absolute Gasteiger partial charge is 0.385 e. The summed E-state index contributed by atoms with van der Waals surface area (Å²) in [5.74, 6) is 0. The van der Waals surface area contributed by atoms with Gasteiger partial charge in [0.2, 0.25) is 0 Å². The van der Waals surface area contributed by atoms with E-state index in [1.807, 2.05) is 12.3 Å². The third-order valence-corrected chi connectivity index (χ3v) is 2.27. The van der Waals surface area contributed by atoms with E-state index in [1.54, 1.807) is 0 Å². The molecule has 0 saturated carbocycles. The van der Waals surface area contributed by atoms with Gasteiger partial charge in [0.05, 0.1) is 5.52 Å². The average molecular weight is 186 g/mol. The number of rotatable bonds is 2. The lowest BCUT2D eigenvalue weighted by Gasteiger charge is -2.07. The standard InChI is InChI=1S/C12H14N2/c1-3-13-11-6-7-14-12-8-9(2)4-5-10(11)12/h4-8H,3H2,1-2H3,(H,13,14). The molecule has 0 spiro atoms. The molecule has 0 atom stereocenters. The normalized spacial score (nSPS) is 10.4.